The molecule has 2 N–H and O–H groups in total. The number of hydrogen-bond donors (Lipinski definition) is 2. The van der Waals surface area contributed by atoms with Gasteiger partial charge in [-0.15, -0.1) is 0 Å². The second-order valence-electron chi connectivity index (χ2n) is 4.91. The largest absolute Gasteiger partial charge is 0.481 e. The molecule has 1 amide bonds. The molecule has 18 heavy (non-hydrogen) atoms. The molecule has 1 aliphatic heterocycles. The van der Waals surface area contributed by atoms with E-state index in [1.165, 1.54) is 12.8 Å². The highest BCUT2D eigenvalue weighted by atomic mass is 16.5. The highest BCUT2D eigenvalue weighted by Crippen LogP contribution is 2.18. The Hall–Kier alpha value is -1.14. The molecule has 2 aliphatic rings. The van der Waals surface area contributed by atoms with Crippen molar-refractivity contribution >= 4 is 11.9 Å². The Kier molecular flexibility index (Phi) is 4.54. The van der Waals surface area contributed by atoms with E-state index in [1.807, 2.05) is 0 Å². The molecular formula is C12H20N2O4. The van der Waals surface area contributed by atoms with Crippen molar-refractivity contribution in [1.29, 1.82) is 0 Å². The molecule has 1 atom stereocenters. The maximum atomic E-state index is 11.9. The van der Waals surface area contributed by atoms with Crippen LogP contribution < -0.4 is 5.32 Å². The smallest absolute Gasteiger partial charge is 0.306 e. The second kappa shape index (κ2) is 6.15. The zero-order valence-electron chi connectivity index (χ0n) is 10.4. The molecular weight excluding hydrogens is 236 g/mol. The van der Waals surface area contributed by atoms with Crippen molar-refractivity contribution in [3.8, 4) is 0 Å². The summed E-state index contributed by atoms with van der Waals surface area (Å²) >= 11 is 0. The van der Waals surface area contributed by atoms with Gasteiger partial charge in [0, 0.05) is 32.1 Å². The normalized spacial score (nSPS) is 24.0. The lowest BCUT2D eigenvalue weighted by molar-refractivity contribution is -0.147. The molecule has 1 aliphatic carbocycles. The summed E-state index contributed by atoms with van der Waals surface area (Å²) in [6, 6.07) is 0.613. The Morgan fingerprint density at radius 3 is 2.83 bits per heavy atom. The third-order valence-corrected chi connectivity index (χ3v) is 3.24. The van der Waals surface area contributed by atoms with Crippen molar-refractivity contribution in [2.45, 2.75) is 37.8 Å². The maximum absolute atomic E-state index is 11.9. The number of carboxylic acid groups (broad SMARTS) is 1. The maximum Gasteiger partial charge on any atom is 0.306 e. The topological polar surface area (TPSA) is 78.9 Å². The zero-order chi connectivity index (χ0) is 13.0. The number of carboxylic acids is 1. The van der Waals surface area contributed by atoms with Crippen LogP contribution in [0.3, 0.4) is 0 Å². The van der Waals surface area contributed by atoms with Crippen LogP contribution in [0.25, 0.3) is 0 Å². The number of rotatable bonds is 6. The summed E-state index contributed by atoms with van der Waals surface area (Å²) in [5.74, 6) is -0.800. The monoisotopic (exact) mass is 256 g/mol. The van der Waals surface area contributed by atoms with Gasteiger partial charge < -0.3 is 20.1 Å². The first-order chi connectivity index (χ1) is 8.65. The minimum Gasteiger partial charge on any atom is -0.481 e. The predicted octanol–water partition coefficient (Wildman–Crippen LogP) is -0.169. The van der Waals surface area contributed by atoms with Crippen molar-refractivity contribution in [2.75, 3.05) is 26.2 Å². The Labute approximate surface area is 106 Å². The van der Waals surface area contributed by atoms with Gasteiger partial charge in [0.05, 0.1) is 19.1 Å². The molecule has 1 heterocycles. The average molecular weight is 256 g/mol. The fourth-order valence-corrected chi connectivity index (χ4v) is 2.09. The molecule has 1 saturated heterocycles. The van der Waals surface area contributed by atoms with Crippen LogP contribution in [0.2, 0.25) is 0 Å². The number of ether oxygens (including phenoxy) is 1. The second-order valence-corrected chi connectivity index (χ2v) is 4.91. The average Bonchev–Trinajstić information content (AvgIpc) is 3.12. The first-order valence-electron chi connectivity index (χ1n) is 6.49. The fourth-order valence-electron chi connectivity index (χ4n) is 2.09. The first kappa shape index (κ1) is 13.3. The zero-order valence-corrected chi connectivity index (χ0v) is 10.4. The number of nitrogens with zero attached hydrogens (tertiary/aromatic N) is 1. The molecule has 1 unspecified atom stereocenters. The molecule has 0 radical (unpaired) electrons. The van der Waals surface area contributed by atoms with Crippen LogP contribution >= 0.6 is 0 Å². The van der Waals surface area contributed by atoms with Crippen LogP contribution in [-0.4, -0.2) is 60.3 Å². The summed E-state index contributed by atoms with van der Waals surface area (Å²) in [6.07, 6.45) is 2.51. The van der Waals surface area contributed by atoms with Gasteiger partial charge in [-0.2, -0.15) is 0 Å². The predicted molar refractivity (Wildman–Crippen MR) is 64.2 cm³/mol. The van der Waals surface area contributed by atoms with Gasteiger partial charge >= 0.3 is 5.97 Å². The standard InChI is InChI=1S/C12H20N2O4/c15-11(3-4-13-9-1-2-9)14-5-6-18-10(8-14)7-12(16)17/h9-10,13H,1-8H2,(H,16,17). The molecule has 0 aromatic heterocycles. The third-order valence-electron chi connectivity index (χ3n) is 3.24. The van der Waals surface area contributed by atoms with Gasteiger partial charge in [0.25, 0.3) is 0 Å². The Morgan fingerprint density at radius 2 is 2.17 bits per heavy atom. The fraction of sp³-hybridized carbons (Fsp3) is 0.833. The lowest BCUT2D eigenvalue weighted by Gasteiger charge is -2.32. The summed E-state index contributed by atoms with van der Waals surface area (Å²) in [4.78, 5) is 24.2. The van der Waals surface area contributed by atoms with Crippen LogP contribution in [0, 0.1) is 0 Å². The molecule has 0 aromatic carbocycles. The van der Waals surface area contributed by atoms with E-state index >= 15 is 0 Å². The summed E-state index contributed by atoms with van der Waals surface area (Å²) < 4.78 is 5.33. The van der Waals surface area contributed by atoms with Gasteiger partial charge in [-0.1, -0.05) is 0 Å². The van der Waals surface area contributed by atoms with Crippen molar-refractivity contribution in [3.63, 3.8) is 0 Å². The molecule has 0 spiro atoms. The van der Waals surface area contributed by atoms with Gasteiger partial charge in [0.1, 0.15) is 0 Å². The highest BCUT2D eigenvalue weighted by molar-refractivity contribution is 5.76. The number of hydrogen-bond acceptors (Lipinski definition) is 4. The van der Waals surface area contributed by atoms with E-state index in [-0.39, 0.29) is 18.4 Å². The van der Waals surface area contributed by atoms with Crippen molar-refractivity contribution in [3.05, 3.63) is 0 Å². The van der Waals surface area contributed by atoms with E-state index in [2.05, 4.69) is 5.32 Å². The molecule has 6 heteroatoms. The van der Waals surface area contributed by atoms with Crippen LogP contribution in [0.4, 0.5) is 0 Å². The Bertz CT molecular complexity index is 317. The van der Waals surface area contributed by atoms with Crippen molar-refractivity contribution < 1.29 is 19.4 Å². The third kappa shape index (κ3) is 4.27. The number of aliphatic carboxylic acids is 1. The van der Waals surface area contributed by atoms with E-state index in [9.17, 15) is 9.59 Å². The van der Waals surface area contributed by atoms with E-state index in [4.69, 9.17) is 9.84 Å². The van der Waals surface area contributed by atoms with Crippen LogP contribution in [-0.2, 0) is 14.3 Å². The van der Waals surface area contributed by atoms with E-state index < -0.39 is 5.97 Å². The lowest BCUT2D eigenvalue weighted by Crippen LogP contribution is -2.46. The Morgan fingerprint density at radius 1 is 1.39 bits per heavy atom. The van der Waals surface area contributed by atoms with E-state index in [1.54, 1.807) is 4.90 Å². The summed E-state index contributed by atoms with van der Waals surface area (Å²) in [6.45, 7) is 2.11. The van der Waals surface area contributed by atoms with Gasteiger partial charge in [-0.25, -0.2) is 0 Å². The van der Waals surface area contributed by atoms with Crippen LogP contribution in [0.1, 0.15) is 25.7 Å². The summed E-state index contributed by atoms with van der Waals surface area (Å²) in [7, 11) is 0. The van der Waals surface area contributed by atoms with Gasteiger partial charge in [0.15, 0.2) is 0 Å². The van der Waals surface area contributed by atoms with Crippen molar-refractivity contribution in [2.24, 2.45) is 0 Å². The molecule has 2 rings (SSSR count). The lowest BCUT2D eigenvalue weighted by atomic mass is 10.2. The highest BCUT2D eigenvalue weighted by Gasteiger charge is 2.26. The number of nitrogens with one attached hydrogen (secondary N) is 1. The van der Waals surface area contributed by atoms with Crippen molar-refractivity contribution in [1.82, 2.24) is 10.2 Å². The number of carbonyl (C=O) groups is 2. The molecule has 2 fully saturated rings. The molecule has 6 nitrogen and oxygen atoms in total. The quantitative estimate of drug-likeness (QED) is 0.690. The van der Waals surface area contributed by atoms with Gasteiger partial charge in [-0.3, -0.25) is 9.59 Å². The molecule has 0 aromatic rings. The molecule has 1 saturated carbocycles. The number of amides is 1. The minimum absolute atomic E-state index is 0.0376. The van der Waals surface area contributed by atoms with E-state index in [0.717, 1.165) is 0 Å². The Balaban J connectivity index is 1.69. The van der Waals surface area contributed by atoms with Gasteiger partial charge in [-0.05, 0) is 12.8 Å². The number of carbonyl (C=O) groups excluding carboxylic acids is 1. The first-order valence-corrected chi connectivity index (χ1v) is 6.49. The van der Waals surface area contributed by atoms with Crippen LogP contribution in [0.5, 0.6) is 0 Å². The van der Waals surface area contributed by atoms with E-state index in [0.29, 0.717) is 38.7 Å². The summed E-state index contributed by atoms with van der Waals surface area (Å²) in [5, 5.41) is 12.0. The number of morpholine rings is 1. The van der Waals surface area contributed by atoms with Crippen LogP contribution in [0.15, 0.2) is 0 Å². The molecule has 0 bridgehead atoms. The summed E-state index contributed by atoms with van der Waals surface area (Å²) in [5.41, 5.74) is 0. The van der Waals surface area contributed by atoms with Gasteiger partial charge in [0.2, 0.25) is 5.91 Å². The SMILES string of the molecule is O=C(O)CC1CN(C(=O)CCNC2CC2)CCO1. The molecule has 102 valence electrons. The minimum atomic E-state index is -0.885.